The molecule has 0 aromatic heterocycles. The Bertz CT molecular complexity index is 437. The third-order valence-electron chi connectivity index (χ3n) is 2.08. The second-order valence-electron chi connectivity index (χ2n) is 3.04. The van der Waals surface area contributed by atoms with Crippen molar-refractivity contribution in [1.82, 2.24) is 0 Å². The summed E-state index contributed by atoms with van der Waals surface area (Å²) in [5.74, 6) is 0. The van der Waals surface area contributed by atoms with Gasteiger partial charge in [-0.15, -0.1) is 0 Å². The molecule has 0 unspecified atom stereocenters. The normalized spacial score (nSPS) is 10.1. The van der Waals surface area contributed by atoms with Crippen molar-refractivity contribution in [3.8, 4) is 11.1 Å². The first-order chi connectivity index (χ1) is 6.79. The molecule has 0 radical (unpaired) electrons. The standard InChI is InChI=1S/C12H10N.Pd/c13-12-8-4-7-11(9-12)10-5-2-1-3-6-10;/h1-8H,13H2;/q;+1. The van der Waals surface area contributed by atoms with Crippen molar-refractivity contribution >= 4 is 9.72 Å². The molecule has 0 saturated heterocycles. The molecule has 0 fully saturated rings. The van der Waals surface area contributed by atoms with E-state index >= 15 is 0 Å². The molecule has 2 rings (SSSR count). The molecule has 2 heteroatoms. The van der Waals surface area contributed by atoms with E-state index < -0.39 is 0 Å². The number of nitrogen functional groups attached to an aromatic ring is 1. The van der Waals surface area contributed by atoms with Crippen LogP contribution in [0.15, 0.2) is 48.5 Å². The minimum atomic E-state index is 0.786. The van der Waals surface area contributed by atoms with Crippen molar-refractivity contribution in [2.75, 3.05) is 5.73 Å². The summed E-state index contributed by atoms with van der Waals surface area (Å²) in [7, 11) is 0. The van der Waals surface area contributed by atoms with Gasteiger partial charge in [-0.2, -0.15) is 0 Å². The van der Waals surface area contributed by atoms with Gasteiger partial charge in [0.2, 0.25) is 0 Å². The average molecular weight is 275 g/mol. The van der Waals surface area contributed by atoms with E-state index in [1.807, 2.05) is 30.3 Å². The fraction of sp³-hybridized carbons (Fsp3) is 0. The zero-order valence-electron chi connectivity index (χ0n) is 7.51. The van der Waals surface area contributed by atoms with E-state index in [2.05, 4.69) is 37.4 Å². The molecule has 72 valence electrons. The molecule has 0 atom stereocenters. The van der Waals surface area contributed by atoms with E-state index in [1.54, 1.807) is 0 Å². The van der Waals surface area contributed by atoms with Gasteiger partial charge in [0.15, 0.2) is 0 Å². The molecule has 0 bridgehead atoms. The first kappa shape index (κ1) is 9.46. The SMILES string of the molecule is Nc1cccc(-c2ccccc2)[c]1[Pd+]. The van der Waals surface area contributed by atoms with E-state index in [4.69, 9.17) is 5.73 Å². The predicted molar refractivity (Wildman–Crippen MR) is 55.9 cm³/mol. The van der Waals surface area contributed by atoms with Crippen LogP contribution in [0.2, 0.25) is 0 Å². The summed E-state index contributed by atoms with van der Waals surface area (Å²) in [5, 5.41) is 0. The maximum atomic E-state index is 5.82. The molecule has 0 aliphatic heterocycles. The van der Waals surface area contributed by atoms with Gasteiger partial charge in [-0.05, 0) is 0 Å². The van der Waals surface area contributed by atoms with E-state index in [0.717, 1.165) is 15.3 Å². The average Bonchev–Trinajstić information content (AvgIpc) is 2.23. The van der Waals surface area contributed by atoms with Crippen LogP contribution in [0.3, 0.4) is 0 Å². The van der Waals surface area contributed by atoms with E-state index in [0.29, 0.717) is 0 Å². The van der Waals surface area contributed by atoms with Gasteiger partial charge in [-0.3, -0.25) is 0 Å². The molecule has 14 heavy (non-hydrogen) atoms. The fourth-order valence-electron chi connectivity index (χ4n) is 1.37. The quantitative estimate of drug-likeness (QED) is 0.626. The molecule has 2 N–H and O–H groups in total. The fourth-order valence-corrected chi connectivity index (χ4v) is 1.85. The molecular weight excluding hydrogens is 265 g/mol. The third-order valence-corrected chi connectivity index (χ3v) is 2.95. The summed E-state index contributed by atoms with van der Waals surface area (Å²) >= 11 is 3.20. The number of hydrogen-bond donors (Lipinski definition) is 1. The van der Waals surface area contributed by atoms with Gasteiger partial charge in [0, 0.05) is 0 Å². The van der Waals surface area contributed by atoms with Crippen molar-refractivity contribution in [2.24, 2.45) is 0 Å². The van der Waals surface area contributed by atoms with E-state index in [-0.39, 0.29) is 0 Å². The van der Waals surface area contributed by atoms with Crippen molar-refractivity contribution in [2.45, 2.75) is 0 Å². The minimum absolute atomic E-state index is 0.786. The van der Waals surface area contributed by atoms with Crippen LogP contribution >= 0.6 is 0 Å². The van der Waals surface area contributed by atoms with Crippen LogP contribution in [0.5, 0.6) is 0 Å². The van der Waals surface area contributed by atoms with Gasteiger partial charge >= 0.3 is 94.3 Å². The van der Waals surface area contributed by atoms with Crippen molar-refractivity contribution < 1.29 is 19.2 Å². The third kappa shape index (κ3) is 1.72. The molecule has 0 aliphatic carbocycles. The van der Waals surface area contributed by atoms with Crippen molar-refractivity contribution in [1.29, 1.82) is 0 Å². The van der Waals surface area contributed by atoms with Gasteiger partial charge in [0.25, 0.3) is 0 Å². The monoisotopic (exact) mass is 274 g/mol. The maximum absolute atomic E-state index is 5.82. The molecule has 2 aromatic rings. The molecular formula is C12H10NPd+. The summed E-state index contributed by atoms with van der Waals surface area (Å²) in [6, 6.07) is 16.1. The Kier molecular flexibility index (Phi) is 2.67. The molecule has 2 aromatic carbocycles. The molecule has 0 saturated carbocycles. The van der Waals surface area contributed by atoms with Crippen molar-refractivity contribution in [3.05, 3.63) is 48.5 Å². The van der Waals surface area contributed by atoms with Gasteiger partial charge in [0.05, 0.1) is 0 Å². The number of hydrogen-bond acceptors (Lipinski definition) is 1. The van der Waals surface area contributed by atoms with Gasteiger partial charge in [-0.1, -0.05) is 0 Å². The Labute approximate surface area is 94.4 Å². The molecule has 0 spiro atoms. The Balaban J connectivity index is 2.58. The van der Waals surface area contributed by atoms with Crippen LogP contribution in [-0.2, 0) is 19.2 Å². The summed E-state index contributed by atoms with van der Waals surface area (Å²) in [4.78, 5) is 0. The second-order valence-corrected chi connectivity index (χ2v) is 3.82. The zero-order valence-corrected chi connectivity index (χ0v) is 9.07. The predicted octanol–water partition coefficient (Wildman–Crippen LogP) is 2.11. The Morgan fingerprint density at radius 1 is 0.857 bits per heavy atom. The number of rotatable bonds is 1. The molecule has 1 nitrogen and oxygen atoms in total. The summed E-state index contributed by atoms with van der Waals surface area (Å²) in [6.07, 6.45) is 0. The van der Waals surface area contributed by atoms with Crippen LogP contribution in [-0.4, -0.2) is 0 Å². The Morgan fingerprint density at radius 2 is 1.57 bits per heavy atom. The van der Waals surface area contributed by atoms with Crippen LogP contribution in [0, 0.1) is 0 Å². The molecule has 0 amide bonds. The molecule has 0 aliphatic rings. The topological polar surface area (TPSA) is 26.0 Å². The number of anilines is 1. The van der Waals surface area contributed by atoms with Crippen LogP contribution in [0.1, 0.15) is 0 Å². The van der Waals surface area contributed by atoms with E-state index in [9.17, 15) is 0 Å². The summed E-state index contributed by atoms with van der Waals surface area (Å²) in [6.45, 7) is 0. The number of nitrogens with two attached hydrogens (primary N) is 1. The van der Waals surface area contributed by atoms with Crippen LogP contribution in [0.25, 0.3) is 11.1 Å². The summed E-state index contributed by atoms with van der Waals surface area (Å²) < 4.78 is 1.00. The van der Waals surface area contributed by atoms with Crippen molar-refractivity contribution in [3.63, 3.8) is 0 Å². The first-order valence-corrected chi connectivity index (χ1v) is 5.13. The summed E-state index contributed by atoms with van der Waals surface area (Å²) in [5.41, 5.74) is 8.94. The Morgan fingerprint density at radius 3 is 2.29 bits per heavy atom. The molecule has 0 heterocycles. The van der Waals surface area contributed by atoms with Gasteiger partial charge in [-0.25, -0.2) is 0 Å². The van der Waals surface area contributed by atoms with Gasteiger partial charge in [0.1, 0.15) is 0 Å². The van der Waals surface area contributed by atoms with Crippen LogP contribution in [0.4, 0.5) is 5.69 Å². The number of benzene rings is 2. The van der Waals surface area contributed by atoms with Crippen LogP contribution < -0.4 is 9.77 Å². The first-order valence-electron chi connectivity index (χ1n) is 4.35. The van der Waals surface area contributed by atoms with Gasteiger partial charge < -0.3 is 0 Å². The zero-order chi connectivity index (χ0) is 9.97. The Hall–Kier alpha value is -1.10. The second kappa shape index (κ2) is 3.96. The van der Waals surface area contributed by atoms with E-state index in [1.165, 1.54) is 5.56 Å².